The minimum Gasteiger partial charge on any atom is -0.464 e. The highest BCUT2D eigenvalue weighted by molar-refractivity contribution is 5.97. The summed E-state index contributed by atoms with van der Waals surface area (Å²) in [7, 11) is 7.16. The highest BCUT2D eigenvalue weighted by Crippen LogP contribution is 2.42. The van der Waals surface area contributed by atoms with Gasteiger partial charge in [0.1, 0.15) is 18.1 Å². The predicted octanol–water partition coefficient (Wildman–Crippen LogP) is 6.18. The second-order valence-electron chi connectivity index (χ2n) is 21.1. The zero-order chi connectivity index (χ0) is 50.6. The van der Waals surface area contributed by atoms with Crippen LogP contribution in [0.1, 0.15) is 95.4 Å². The summed E-state index contributed by atoms with van der Waals surface area (Å²) >= 11 is 0. The first-order valence-electron chi connectivity index (χ1n) is 25.5. The number of hydrogen-bond donors (Lipinski definition) is 2. The molecule has 1 aliphatic carbocycles. The van der Waals surface area contributed by atoms with Crippen molar-refractivity contribution in [3.8, 4) is 34.2 Å². The van der Waals surface area contributed by atoms with E-state index in [1.165, 1.54) is 5.01 Å². The summed E-state index contributed by atoms with van der Waals surface area (Å²) in [5.41, 5.74) is 10.7. The zero-order valence-corrected chi connectivity index (χ0v) is 42.9. The molecule has 4 amide bonds. The fourth-order valence-electron chi connectivity index (χ4n) is 11.2. The van der Waals surface area contributed by atoms with Crippen LogP contribution in [0, 0.1) is 29.1 Å². The standard InChI is InChI=1S/C56H72N8O7/c1-9-63-48-22-21-40-31-43(48)44(51(63)45-33-57-25-23-42(45)36(2)70-8)32-56(3,4)35-71-55(69)46-19-13-27-64(59-46)54(68)47(30-37-15-12-18-39(40)29-37)58-52(66)50(38-16-10-11-17-38)61(7)53(67)41-24-28-62(34-41)49(65)20-14-26-60(5)6/h12,15,18,21-23,25,29,31,33,36,38,41,46-47,50,59H,9-11,13,16-17,19,24,26-28,30,32,34-35H2,1-8H3,(H,58,66)/t36-,41-,46-,47-,50?/m0/s1. The molecule has 8 rings (SSSR count). The maximum Gasteiger partial charge on any atom is 0.324 e. The Morgan fingerprint density at radius 1 is 1.00 bits per heavy atom. The number of likely N-dealkylation sites (tertiary alicyclic amines) is 1. The van der Waals surface area contributed by atoms with Crippen LogP contribution in [-0.2, 0) is 52.8 Å². The van der Waals surface area contributed by atoms with E-state index in [9.17, 15) is 24.0 Å². The minimum absolute atomic E-state index is 0.106. The molecule has 15 heteroatoms. The molecule has 2 aromatic carbocycles. The number of rotatable bonds is 10. The summed E-state index contributed by atoms with van der Waals surface area (Å²) < 4.78 is 14.4. The van der Waals surface area contributed by atoms with Gasteiger partial charge in [0.25, 0.3) is 11.8 Å². The summed E-state index contributed by atoms with van der Waals surface area (Å²) in [4.78, 5) is 80.9. The number of methoxy groups -OCH3 is 1. The quantitative estimate of drug-likeness (QED) is 0.139. The molecule has 1 saturated carbocycles. The molecule has 1 unspecified atom stereocenters. The van der Waals surface area contributed by atoms with Crippen LogP contribution in [0.3, 0.4) is 0 Å². The van der Waals surface area contributed by atoms with E-state index < -0.39 is 41.3 Å². The Hall–Kier alpha value is -6.08. The van der Waals surface area contributed by atoms with Gasteiger partial charge in [-0.15, -0.1) is 0 Å². The second kappa shape index (κ2) is 22.1. The van der Waals surface area contributed by atoms with Gasteiger partial charge in [0.05, 0.1) is 30.9 Å². The molecule has 2 N–H and O–H groups in total. The first kappa shape index (κ1) is 51.3. The number of ether oxygens (including phenoxy) is 2. The van der Waals surface area contributed by atoms with Gasteiger partial charge in [-0.3, -0.25) is 38.9 Å². The summed E-state index contributed by atoms with van der Waals surface area (Å²) in [6, 6.07) is 14.0. The van der Waals surface area contributed by atoms with Gasteiger partial charge in [-0.25, -0.2) is 5.43 Å². The van der Waals surface area contributed by atoms with Crippen molar-refractivity contribution >= 4 is 40.5 Å². The lowest BCUT2D eigenvalue weighted by Gasteiger charge is -2.37. The van der Waals surface area contributed by atoms with Gasteiger partial charge >= 0.3 is 5.97 Å². The van der Waals surface area contributed by atoms with Crippen LogP contribution in [0.4, 0.5) is 0 Å². The van der Waals surface area contributed by atoms with Crippen molar-refractivity contribution in [1.29, 1.82) is 0 Å². The van der Waals surface area contributed by atoms with Crippen molar-refractivity contribution in [1.82, 2.24) is 40.0 Å². The molecule has 378 valence electrons. The van der Waals surface area contributed by atoms with E-state index in [1.807, 2.05) is 50.3 Å². The minimum atomic E-state index is -1.04. The Bertz CT molecular complexity index is 2700. The number of cyclic esters (lactones) is 1. The Morgan fingerprint density at radius 3 is 2.52 bits per heavy atom. The van der Waals surface area contributed by atoms with Crippen molar-refractivity contribution in [3.05, 3.63) is 77.6 Å². The molecule has 4 aliphatic rings. The molecule has 4 aromatic rings. The second-order valence-corrected chi connectivity index (χ2v) is 21.1. The molecule has 0 spiro atoms. The number of benzene rings is 2. The number of fused-ring (bicyclic) bond motifs is 6. The normalized spacial score (nSPS) is 21.6. The number of hydrazine groups is 1. The van der Waals surface area contributed by atoms with Crippen LogP contribution in [0.5, 0.6) is 0 Å². The number of amides is 4. The van der Waals surface area contributed by atoms with Gasteiger partial charge in [0.15, 0.2) is 0 Å². The topological polar surface area (TPSA) is 159 Å². The number of aromatic nitrogens is 2. The van der Waals surface area contributed by atoms with Crippen LogP contribution in [-0.4, -0.2) is 138 Å². The number of carbonyl (C=O) groups excluding carboxylic acids is 5. The van der Waals surface area contributed by atoms with Gasteiger partial charge in [-0.05, 0) is 124 Å². The molecule has 5 atom stereocenters. The number of carbonyl (C=O) groups is 5. The lowest BCUT2D eigenvalue weighted by Crippen LogP contribution is -2.62. The average Bonchev–Trinajstić information content (AvgIpc) is 4.15. The molecule has 2 saturated heterocycles. The van der Waals surface area contributed by atoms with E-state index in [-0.39, 0.29) is 49.3 Å². The van der Waals surface area contributed by atoms with Crippen molar-refractivity contribution in [3.63, 3.8) is 0 Å². The summed E-state index contributed by atoms with van der Waals surface area (Å²) in [5, 5.41) is 5.72. The number of nitrogens with zero attached hydrogens (tertiary/aromatic N) is 6. The molecule has 71 heavy (non-hydrogen) atoms. The maximum atomic E-state index is 15.0. The largest absolute Gasteiger partial charge is 0.464 e. The Morgan fingerprint density at radius 2 is 1.77 bits per heavy atom. The van der Waals surface area contributed by atoms with Crippen LogP contribution in [0.2, 0.25) is 0 Å². The Balaban J connectivity index is 1.15. The Kier molecular flexibility index (Phi) is 16.0. The zero-order valence-electron chi connectivity index (χ0n) is 42.9. The van der Waals surface area contributed by atoms with E-state index in [0.717, 1.165) is 75.7 Å². The molecule has 3 aliphatic heterocycles. The van der Waals surface area contributed by atoms with Crippen LogP contribution in [0.15, 0.2) is 60.9 Å². The maximum absolute atomic E-state index is 15.0. The molecule has 5 heterocycles. The van der Waals surface area contributed by atoms with Crippen molar-refractivity contribution in [2.75, 3.05) is 61.0 Å². The molecular formula is C56H72N8O7. The molecular weight excluding hydrogens is 897 g/mol. The van der Waals surface area contributed by atoms with Crippen molar-refractivity contribution in [2.45, 2.75) is 116 Å². The van der Waals surface area contributed by atoms with Crippen LogP contribution in [0.25, 0.3) is 33.3 Å². The van der Waals surface area contributed by atoms with E-state index in [0.29, 0.717) is 51.9 Å². The third-order valence-corrected chi connectivity index (χ3v) is 15.0. The number of aryl methyl sites for hydroxylation is 1. The van der Waals surface area contributed by atoms with Crippen LogP contribution >= 0.6 is 0 Å². The molecule has 0 radical (unpaired) electrons. The first-order chi connectivity index (χ1) is 34.1. The van der Waals surface area contributed by atoms with Gasteiger partial charge in [0.2, 0.25) is 11.8 Å². The predicted molar refractivity (Wildman–Crippen MR) is 273 cm³/mol. The number of hydrogen-bond acceptors (Lipinski definition) is 10. The summed E-state index contributed by atoms with van der Waals surface area (Å²) in [5.74, 6) is 3.28. The first-order valence-corrected chi connectivity index (χ1v) is 25.5. The monoisotopic (exact) mass is 969 g/mol. The van der Waals surface area contributed by atoms with E-state index in [4.69, 9.17) is 9.47 Å². The fraction of sp³-hybridized carbons (Fsp3) is 0.536. The lowest BCUT2D eigenvalue weighted by molar-refractivity contribution is -0.155. The average molecular weight is 969 g/mol. The number of pyridine rings is 1. The van der Waals surface area contributed by atoms with E-state index in [1.54, 1.807) is 30.2 Å². The third kappa shape index (κ3) is 11.4. The van der Waals surface area contributed by atoms with Gasteiger partial charge in [0, 0.05) is 81.0 Å². The Labute approximate surface area is 418 Å². The number of esters is 1. The van der Waals surface area contributed by atoms with Crippen molar-refractivity contribution in [2.24, 2.45) is 17.3 Å². The highest BCUT2D eigenvalue weighted by atomic mass is 16.5. The van der Waals surface area contributed by atoms with E-state index >= 15 is 0 Å². The summed E-state index contributed by atoms with van der Waals surface area (Å²) in [6.45, 7) is 10.7. The van der Waals surface area contributed by atoms with Gasteiger partial charge in [-0.1, -0.05) is 62.9 Å². The fourth-order valence-corrected chi connectivity index (χ4v) is 11.2. The van der Waals surface area contributed by atoms with Crippen molar-refractivity contribution < 1.29 is 33.4 Å². The SMILES string of the molecule is CCn1c(-c2cnccc2[C@H](C)OC)c2c3cc(ccc31)-c1cccc(c1)C[C@H](NC(=O)C(C1CCCC1)N(C)C(=O)[C@H]1CCN(C(=O)C#CCN(C)C)C1)C(=O)N1CCC[C@H](N1)C(=O)OCC(C)(C)C2. The number of likely N-dealkylation sites (N-methyl/N-ethyl adjacent to an activating group) is 1. The van der Waals surface area contributed by atoms with Gasteiger partial charge in [-0.2, -0.15) is 0 Å². The number of nitrogens with one attached hydrogen (secondary N) is 2. The molecule has 2 aromatic heterocycles. The lowest BCUT2D eigenvalue weighted by atomic mass is 9.84. The summed E-state index contributed by atoms with van der Waals surface area (Å²) in [6.07, 6.45) is 9.20. The highest BCUT2D eigenvalue weighted by Gasteiger charge is 2.42. The van der Waals surface area contributed by atoms with E-state index in [2.05, 4.69) is 83.2 Å². The third-order valence-electron chi connectivity index (χ3n) is 15.0. The molecule has 15 nitrogen and oxygen atoms in total. The molecule has 3 fully saturated rings. The molecule has 6 bridgehead atoms. The van der Waals surface area contributed by atoms with Gasteiger partial charge < -0.3 is 29.2 Å². The smallest absolute Gasteiger partial charge is 0.324 e. The van der Waals surface area contributed by atoms with Crippen LogP contribution < -0.4 is 10.7 Å².